The summed E-state index contributed by atoms with van der Waals surface area (Å²) in [6, 6.07) is 6.79. The highest BCUT2D eigenvalue weighted by Crippen LogP contribution is 2.17. The molecule has 104 valence electrons. The van der Waals surface area contributed by atoms with Crippen LogP contribution in [-0.4, -0.2) is 36.1 Å². The Balaban J connectivity index is 1.97. The van der Waals surface area contributed by atoms with E-state index in [1.54, 1.807) is 0 Å². The molecule has 0 saturated heterocycles. The molecule has 1 aromatic heterocycles. The Hall–Kier alpha value is -1.39. The molecule has 1 unspecified atom stereocenters. The molecule has 0 aliphatic heterocycles. The minimum absolute atomic E-state index is 0.529. The van der Waals surface area contributed by atoms with Crippen molar-refractivity contribution >= 4 is 11.1 Å². The molecule has 2 aromatic rings. The first-order chi connectivity index (χ1) is 9.10. The maximum Gasteiger partial charge on any atom is 0.192 e. The SMILES string of the molecule is Cc1nc2ccc(CCN(C)C(C)CCN)cc2o1. The molecular formula is C15H23N3O. The molecule has 19 heavy (non-hydrogen) atoms. The third-order valence-corrected chi connectivity index (χ3v) is 3.65. The highest BCUT2D eigenvalue weighted by molar-refractivity contribution is 5.73. The van der Waals surface area contributed by atoms with Crippen molar-refractivity contribution in [3.8, 4) is 0 Å². The molecule has 0 aliphatic carbocycles. The van der Waals surface area contributed by atoms with E-state index in [9.17, 15) is 0 Å². The number of rotatable bonds is 6. The van der Waals surface area contributed by atoms with Gasteiger partial charge in [0.25, 0.3) is 0 Å². The van der Waals surface area contributed by atoms with Crippen molar-refractivity contribution in [2.24, 2.45) is 5.73 Å². The van der Waals surface area contributed by atoms with Gasteiger partial charge in [0.1, 0.15) is 5.52 Å². The number of fused-ring (bicyclic) bond motifs is 1. The normalized spacial score (nSPS) is 13.3. The van der Waals surface area contributed by atoms with Gasteiger partial charge in [0.05, 0.1) is 0 Å². The molecule has 0 aliphatic rings. The Morgan fingerprint density at radius 2 is 2.21 bits per heavy atom. The summed E-state index contributed by atoms with van der Waals surface area (Å²) in [5, 5.41) is 0. The standard InChI is InChI=1S/C15H23N3O/c1-11(6-8-16)18(3)9-7-13-4-5-14-15(10-13)19-12(2)17-14/h4-5,10-11H,6-9,16H2,1-3H3. The van der Waals surface area contributed by atoms with Crippen LogP contribution in [-0.2, 0) is 6.42 Å². The maximum atomic E-state index is 5.59. The van der Waals surface area contributed by atoms with Crippen molar-refractivity contribution in [1.29, 1.82) is 0 Å². The topological polar surface area (TPSA) is 55.3 Å². The fourth-order valence-electron chi connectivity index (χ4n) is 2.23. The van der Waals surface area contributed by atoms with Crippen LogP contribution < -0.4 is 5.73 Å². The number of aromatic nitrogens is 1. The lowest BCUT2D eigenvalue weighted by atomic mass is 10.1. The zero-order valence-electron chi connectivity index (χ0n) is 12.0. The number of benzene rings is 1. The number of oxazole rings is 1. The van der Waals surface area contributed by atoms with E-state index in [4.69, 9.17) is 10.2 Å². The molecule has 0 amide bonds. The Morgan fingerprint density at radius 3 is 2.95 bits per heavy atom. The van der Waals surface area contributed by atoms with E-state index < -0.39 is 0 Å². The lowest BCUT2D eigenvalue weighted by molar-refractivity contribution is 0.251. The molecule has 0 saturated carbocycles. The van der Waals surface area contributed by atoms with E-state index in [1.807, 2.05) is 13.0 Å². The van der Waals surface area contributed by atoms with Crippen molar-refractivity contribution in [3.05, 3.63) is 29.7 Å². The van der Waals surface area contributed by atoms with Gasteiger partial charge in [-0.2, -0.15) is 0 Å². The quantitative estimate of drug-likeness (QED) is 0.867. The molecule has 0 bridgehead atoms. The van der Waals surface area contributed by atoms with Gasteiger partial charge in [-0.1, -0.05) is 6.07 Å². The van der Waals surface area contributed by atoms with Crippen molar-refractivity contribution < 1.29 is 4.42 Å². The summed E-state index contributed by atoms with van der Waals surface area (Å²) >= 11 is 0. The number of hydrogen-bond donors (Lipinski definition) is 1. The number of aryl methyl sites for hydroxylation is 1. The highest BCUT2D eigenvalue weighted by atomic mass is 16.3. The van der Waals surface area contributed by atoms with Gasteiger partial charge in [0.2, 0.25) is 0 Å². The average Bonchev–Trinajstić information content (AvgIpc) is 2.75. The Morgan fingerprint density at radius 1 is 1.42 bits per heavy atom. The van der Waals surface area contributed by atoms with Crippen LogP contribution in [0.3, 0.4) is 0 Å². The summed E-state index contributed by atoms with van der Waals surface area (Å²) in [5.41, 5.74) is 8.70. The predicted molar refractivity (Wildman–Crippen MR) is 78.2 cm³/mol. The lowest BCUT2D eigenvalue weighted by Crippen LogP contribution is -2.32. The summed E-state index contributed by atoms with van der Waals surface area (Å²) in [5.74, 6) is 0.723. The van der Waals surface area contributed by atoms with E-state index >= 15 is 0 Å². The summed E-state index contributed by atoms with van der Waals surface area (Å²) in [4.78, 5) is 6.66. The summed E-state index contributed by atoms with van der Waals surface area (Å²) in [6.07, 6.45) is 2.05. The molecule has 0 spiro atoms. The molecule has 0 fully saturated rings. The Kier molecular flexibility index (Phi) is 4.56. The zero-order chi connectivity index (χ0) is 13.8. The van der Waals surface area contributed by atoms with Gasteiger partial charge < -0.3 is 15.1 Å². The molecule has 2 N–H and O–H groups in total. The molecule has 2 rings (SSSR count). The Bertz CT molecular complexity index is 535. The van der Waals surface area contributed by atoms with Crippen LogP contribution in [0.1, 0.15) is 24.8 Å². The van der Waals surface area contributed by atoms with Crippen LogP contribution in [0.5, 0.6) is 0 Å². The molecule has 4 nitrogen and oxygen atoms in total. The fraction of sp³-hybridized carbons (Fsp3) is 0.533. The van der Waals surface area contributed by atoms with E-state index in [1.165, 1.54) is 5.56 Å². The molecule has 1 heterocycles. The van der Waals surface area contributed by atoms with Crippen molar-refractivity contribution in [1.82, 2.24) is 9.88 Å². The number of nitrogens with two attached hydrogens (primary N) is 1. The number of nitrogens with zero attached hydrogens (tertiary/aromatic N) is 2. The fourth-order valence-corrected chi connectivity index (χ4v) is 2.23. The predicted octanol–water partition coefficient (Wildman–Crippen LogP) is 2.35. The summed E-state index contributed by atoms with van der Waals surface area (Å²) < 4.78 is 5.56. The number of likely N-dealkylation sites (N-methyl/N-ethyl adjacent to an activating group) is 1. The van der Waals surface area contributed by atoms with Crippen LogP contribution in [0.15, 0.2) is 22.6 Å². The van der Waals surface area contributed by atoms with E-state index in [0.29, 0.717) is 6.04 Å². The minimum Gasteiger partial charge on any atom is -0.441 e. The summed E-state index contributed by atoms with van der Waals surface area (Å²) in [6.45, 7) is 5.87. The second-order valence-electron chi connectivity index (χ2n) is 5.19. The van der Waals surface area contributed by atoms with Gasteiger partial charge in [-0.25, -0.2) is 4.98 Å². The molecule has 1 atom stereocenters. The smallest absolute Gasteiger partial charge is 0.192 e. The van der Waals surface area contributed by atoms with Gasteiger partial charge in [-0.3, -0.25) is 0 Å². The first kappa shape index (κ1) is 14.0. The van der Waals surface area contributed by atoms with Gasteiger partial charge in [0, 0.05) is 19.5 Å². The van der Waals surface area contributed by atoms with Crippen LogP contribution in [0.25, 0.3) is 11.1 Å². The van der Waals surface area contributed by atoms with E-state index in [-0.39, 0.29) is 0 Å². The van der Waals surface area contributed by atoms with Crippen LogP contribution in [0.2, 0.25) is 0 Å². The average molecular weight is 261 g/mol. The van der Waals surface area contributed by atoms with Crippen molar-refractivity contribution in [2.45, 2.75) is 32.7 Å². The highest BCUT2D eigenvalue weighted by Gasteiger charge is 2.09. The first-order valence-electron chi connectivity index (χ1n) is 6.86. The van der Waals surface area contributed by atoms with Gasteiger partial charge in [-0.15, -0.1) is 0 Å². The maximum absolute atomic E-state index is 5.59. The van der Waals surface area contributed by atoms with Gasteiger partial charge >= 0.3 is 0 Å². The second-order valence-corrected chi connectivity index (χ2v) is 5.19. The largest absolute Gasteiger partial charge is 0.441 e. The van der Waals surface area contributed by atoms with Crippen LogP contribution in [0, 0.1) is 6.92 Å². The lowest BCUT2D eigenvalue weighted by Gasteiger charge is -2.24. The van der Waals surface area contributed by atoms with Gasteiger partial charge in [0.15, 0.2) is 11.5 Å². The van der Waals surface area contributed by atoms with E-state index in [2.05, 4.69) is 36.0 Å². The van der Waals surface area contributed by atoms with Crippen molar-refractivity contribution in [2.75, 3.05) is 20.1 Å². The third kappa shape index (κ3) is 3.55. The first-order valence-corrected chi connectivity index (χ1v) is 6.86. The molecule has 0 radical (unpaired) electrons. The number of hydrogen-bond acceptors (Lipinski definition) is 4. The summed E-state index contributed by atoms with van der Waals surface area (Å²) in [7, 11) is 2.15. The Labute approximate surface area is 114 Å². The van der Waals surface area contributed by atoms with Crippen molar-refractivity contribution in [3.63, 3.8) is 0 Å². The minimum atomic E-state index is 0.529. The molecular weight excluding hydrogens is 238 g/mol. The molecule has 1 aromatic carbocycles. The second kappa shape index (κ2) is 6.17. The van der Waals surface area contributed by atoms with Crippen LogP contribution in [0.4, 0.5) is 0 Å². The molecule has 4 heteroatoms. The van der Waals surface area contributed by atoms with Crippen LogP contribution >= 0.6 is 0 Å². The third-order valence-electron chi connectivity index (χ3n) is 3.65. The van der Waals surface area contributed by atoms with Gasteiger partial charge in [-0.05, 0) is 51.1 Å². The van der Waals surface area contributed by atoms with E-state index in [0.717, 1.165) is 42.9 Å². The zero-order valence-corrected chi connectivity index (χ0v) is 12.0. The monoisotopic (exact) mass is 261 g/mol.